The van der Waals surface area contributed by atoms with E-state index in [-0.39, 0.29) is 6.61 Å². The van der Waals surface area contributed by atoms with Crippen LogP contribution in [0.5, 0.6) is 5.75 Å². The molecule has 3 heteroatoms. The molecule has 1 aliphatic heterocycles. The Labute approximate surface area is 96.6 Å². The van der Waals surface area contributed by atoms with Gasteiger partial charge in [0.25, 0.3) is 0 Å². The summed E-state index contributed by atoms with van der Waals surface area (Å²) in [5.41, 5.74) is 2.13. The third-order valence-corrected chi connectivity index (χ3v) is 3.12. The van der Waals surface area contributed by atoms with Crippen molar-refractivity contribution in [3.8, 4) is 5.75 Å². The molecule has 88 valence electrons. The van der Waals surface area contributed by atoms with Crippen LogP contribution in [0.4, 0.5) is 0 Å². The van der Waals surface area contributed by atoms with Gasteiger partial charge in [0.1, 0.15) is 5.75 Å². The molecule has 3 nitrogen and oxygen atoms in total. The number of hydrogen-bond acceptors (Lipinski definition) is 3. The fourth-order valence-corrected chi connectivity index (χ4v) is 2.25. The van der Waals surface area contributed by atoms with Crippen molar-refractivity contribution in [1.82, 2.24) is 4.90 Å². The average molecular weight is 221 g/mol. The highest BCUT2D eigenvalue weighted by molar-refractivity contribution is 5.36. The van der Waals surface area contributed by atoms with Gasteiger partial charge in [-0.15, -0.1) is 0 Å². The second-order valence-electron chi connectivity index (χ2n) is 4.29. The molecule has 1 N–H and O–H groups in total. The summed E-state index contributed by atoms with van der Waals surface area (Å²) >= 11 is 0. The van der Waals surface area contributed by atoms with Crippen molar-refractivity contribution in [2.75, 3.05) is 20.2 Å². The number of aliphatic hydroxyl groups is 1. The molecular formula is C13H19NO2. The molecule has 0 atom stereocenters. The van der Waals surface area contributed by atoms with E-state index >= 15 is 0 Å². The molecule has 0 saturated carbocycles. The Morgan fingerprint density at radius 2 is 2.06 bits per heavy atom. The molecular weight excluding hydrogens is 202 g/mol. The van der Waals surface area contributed by atoms with Crippen molar-refractivity contribution in [1.29, 1.82) is 0 Å². The van der Waals surface area contributed by atoms with E-state index in [0.717, 1.165) is 17.9 Å². The van der Waals surface area contributed by atoms with E-state index in [2.05, 4.69) is 11.0 Å². The van der Waals surface area contributed by atoms with Crippen molar-refractivity contribution < 1.29 is 9.84 Å². The quantitative estimate of drug-likeness (QED) is 0.841. The lowest BCUT2D eigenvalue weighted by atomic mass is 10.1. The van der Waals surface area contributed by atoms with Gasteiger partial charge in [-0.3, -0.25) is 4.90 Å². The maximum Gasteiger partial charge on any atom is 0.124 e. The Balaban J connectivity index is 2.09. The first-order valence-corrected chi connectivity index (χ1v) is 5.82. The van der Waals surface area contributed by atoms with Gasteiger partial charge in [0.2, 0.25) is 0 Å². The summed E-state index contributed by atoms with van der Waals surface area (Å²) in [6.07, 6.45) is 2.62. The SMILES string of the molecule is COc1ccc(CN2CCCC2)cc1CO. The lowest BCUT2D eigenvalue weighted by Gasteiger charge is -2.16. The first kappa shape index (κ1) is 11.4. The molecule has 1 fully saturated rings. The van der Waals surface area contributed by atoms with Crippen LogP contribution in [0.3, 0.4) is 0 Å². The minimum atomic E-state index is 0.0387. The Kier molecular flexibility index (Phi) is 3.80. The number of aliphatic hydroxyl groups excluding tert-OH is 1. The van der Waals surface area contributed by atoms with Crippen LogP contribution in [0.25, 0.3) is 0 Å². The van der Waals surface area contributed by atoms with Gasteiger partial charge in [-0.05, 0) is 43.6 Å². The molecule has 2 rings (SSSR count). The highest BCUT2D eigenvalue weighted by Gasteiger charge is 2.12. The lowest BCUT2D eigenvalue weighted by Crippen LogP contribution is -2.18. The monoisotopic (exact) mass is 221 g/mol. The number of methoxy groups -OCH3 is 1. The first-order valence-electron chi connectivity index (χ1n) is 5.82. The lowest BCUT2D eigenvalue weighted by molar-refractivity contribution is 0.273. The molecule has 1 aromatic carbocycles. The summed E-state index contributed by atoms with van der Waals surface area (Å²) in [6, 6.07) is 6.06. The van der Waals surface area contributed by atoms with Crippen LogP contribution in [0.15, 0.2) is 18.2 Å². The third-order valence-electron chi connectivity index (χ3n) is 3.12. The van der Waals surface area contributed by atoms with E-state index in [4.69, 9.17) is 4.74 Å². The predicted molar refractivity (Wildman–Crippen MR) is 63.4 cm³/mol. The summed E-state index contributed by atoms with van der Waals surface area (Å²) in [5, 5.41) is 9.24. The van der Waals surface area contributed by atoms with E-state index in [9.17, 15) is 5.11 Å². The first-order chi connectivity index (χ1) is 7.83. The number of hydrogen-bond donors (Lipinski definition) is 1. The van der Waals surface area contributed by atoms with Gasteiger partial charge in [0.15, 0.2) is 0 Å². The van der Waals surface area contributed by atoms with Gasteiger partial charge in [-0.25, -0.2) is 0 Å². The summed E-state index contributed by atoms with van der Waals surface area (Å²) in [7, 11) is 1.63. The van der Waals surface area contributed by atoms with E-state index < -0.39 is 0 Å². The molecule has 1 heterocycles. The van der Waals surface area contributed by atoms with E-state index in [1.807, 2.05) is 12.1 Å². The Hall–Kier alpha value is -1.06. The number of rotatable bonds is 4. The molecule has 16 heavy (non-hydrogen) atoms. The zero-order chi connectivity index (χ0) is 11.4. The van der Waals surface area contributed by atoms with Gasteiger partial charge in [0, 0.05) is 12.1 Å². The highest BCUT2D eigenvalue weighted by Crippen LogP contribution is 2.21. The normalized spacial score (nSPS) is 16.6. The van der Waals surface area contributed by atoms with Gasteiger partial charge < -0.3 is 9.84 Å². The predicted octanol–water partition coefficient (Wildman–Crippen LogP) is 1.78. The van der Waals surface area contributed by atoms with Crippen molar-refractivity contribution in [3.05, 3.63) is 29.3 Å². The van der Waals surface area contributed by atoms with Crippen LogP contribution in [0.2, 0.25) is 0 Å². The largest absolute Gasteiger partial charge is 0.496 e. The molecule has 0 aliphatic carbocycles. The minimum absolute atomic E-state index is 0.0387. The van der Waals surface area contributed by atoms with Crippen LogP contribution < -0.4 is 4.74 Å². The molecule has 0 bridgehead atoms. The zero-order valence-electron chi connectivity index (χ0n) is 9.78. The van der Waals surface area contributed by atoms with Crippen molar-refractivity contribution in [2.45, 2.75) is 26.0 Å². The van der Waals surface area contributed by atoms with E-state index in [1.165, 1.54) is 31.5 Å². The second kappa shape index (κ2) is 5.32. The Morgan fingerprint density at radius 1 is 1.31 bits per heavy atom. The Morgan fingerprint density at radius 3 is 2.69 bits per heavy atom. The van der Waals surface area contributed by atoms with Crippen LogP contribution >= 0.6 is 0 Å². The Bertz CT molecular complexity index is 346. The molecule has 0 radical (unpaired) electrons. The zero-order valence-corrected chi connectivity index (χ0v) is 9.78. The smallest absolute Gasteiger partial charge is 0.124 e. The molecule has 0 amide bonds. The summed E-state index contributed by atoms with van der Waals surface area (Å²) in [6.45, 7) is 3.41. The fraction of sp³-hybridized carbons (Fsp3) is 0.538. The summed E-state index contributed by atoms with van der Waals surface area (Å²) < 4.78 is 5.19. The maximum absolute atomic E-state index is 9.24. The van der Waals surface area contributed by atoms with Crippen LogP contribution in [-0.4, -0.2) is 30.2 Å². The van der Waals surface area contributed by atoms with Gasteiger partial charge in [-0.1, -0.05) is 6.07 Å². The van der Waals surface area contributed by atoms with E-state index in [0.29, 0.717) is 0 Å². The highest BCUT2D eigenvalue weighted by atomic mass is 16.5. The maximum atomic E-state index is 9.24. The van der Waals surface area contributed by atoms with Crippen LogP contribution in [0.1, 0.15) is 24.0 Å². The minimum Gasteiger partial charge on any atom is -0.496 e. The molecule has 0 aromatic heterocycles. The second-order valence-corrected chi connectivity index (χ2v) is 4.29. The molecule has 1 saturated heterocycles. The third kappa shape index (κ3) is 2.54. The number of ether oxygens (including phenoxy) is 1. The molecule has 1 aliphatic rings. The number of nitrogens with zero attached hydrogens (tertiary/aromatic N) is 1. The molecule has 0 unspecified atom stereocenters. The number of likely N-dealkylation sites (tertiary alicyclic amines) is 1. The van der Waals surface area contributed by atoms with E-state index in [1.54, 1.807) is 7.11 Å². The standard InChI is InChI=1S/C13H19NO2/c1-16-13-5-4-11(8-12(13)10-15)9-14-6-2-3-7-14/h4-5,8,15H,2-3,6-7,9-10H2,1H3. The van der Waals surface area contributed by atoms with Crippen LogP contribution in [0, 0.1) is 0 Å². The van der Waals surface area contributed by atoms with Crippen molar-refractivity contribution in [2.24, 2.45) is 0 Å². The van der Waals surface area contributed by atoms with Gasteiger partial charge in [-0.2, -0.15) is 0 Å². The number of benzene rings is 1. The van der Waals surface area contributed by atoms with Gasteiger partial charge in [0.05, 0.1) is 13.7 Å². The van der Waals surface area contributed by atoms with Crippen molar-refractivity contribution >= 4 is 0 Å². The van der Waals surface area contributed by atoms with Crippen molar-refractivity contribution in [3.63, 3.8) is 0 Å². The molecule has 1 aromatic rings. The topological polar surface area (TPSA) is 32.7 Å². The summed E-state index contributed by atoms with van der Waals surface area (Å²) in [4.78, 5) is 2.45. The fourth-order valence-electron chi connectivity index (χ4n) is 2.25. The van der Waals surface area contributed by atoms with Gasteiger partial charge >= 0.3 is 0 Å². The average Bonchev–Trinajstić information content (AvgIpc) is 2.81. The summed E-state index contributed by atoms with van der Waals surface area (Å²) in [5.74, 6) is 0.771. The van der Waals surface area contributed by atoms with Crippen LogP contribution in [-0.2, 0) is 13.2 Å². The molecule has 0 spiro atoms.